The van der Waals surface area contributed by atoms with Gasteiger partial charge >= 0.3 is 0 Å². The van der Waals surface area contributed by atoms with Crippen LogP contribution in [0.25, 0.3) is 10.9 Å². The number of halogens is 2. The predicted molar refractivity (Wildman–Crippen MR) is 99.8 cm³/mol. The number of nitrogens with zero attached hydrogens (tertiary/aromatic N) is 2. The third-order valence-corrected chi connectivity index (χ3v) is 4.86. The maximum absolute atomic E-state index is 14.2. The van der Waals surface area contributed by atoms with Crippen molar-refractivity contribution in [2.24, 2.45) is 5.92 Å². The third-order valence-electron chi connectivity index (χ3n) is 4.63. The number of benzene rings is 2. The van der Waals surface area contributed by atoms with Gasteiger partial charge in [0, 0.05) is 24.5 Å². The molecule has 3 aromatic rings. The van der Waals surface area contributed by atoms with Crippen molar-refractivity contribution >= 4 is 40.1 Å². The fourth-order valence-corrected chi connectivity index (χ4v) is 3.49. The van der Waals surface area contributed by atoms with Crippen LogP contribution in [-0.4, -0.2) is 28.6 Å². The van der Waals surface area contributed by atoms with E-state index in [1.54, 1.807) is 24.3 Å². The van der Waals surface area contributed by atoms with Crippen LogP contribution in [0.5, 0.6) is 0 Å². The van der Waals surface area contributed by atoms with E-state index in [1.165, 1.54) is 11.0 Å². The second-order valence-corrected chi connectivity index (χ2v) is 6.90. The summed E-state index contributed by atoms with van der Waals surface area (Å²) >= 11 is 5.94. The monoisotopic (exact) mass is 386 g/mol. The first kappa shape index (κ1) is 17.5. The number of hydrogen-bond donors (Lipinski definition) is 2. The normalized spacial score (nSPS) is 16.9. The standard InChI is InChI=1S/C19H16ClFN4O2/c20-13-4-1-3-11(7-13)9-22-19(27)12-8-16(26)25(10-12)18-17-14(21)5-2-6-15(17)23-24-18/h1-7,12H,8-10H2,(H,22,27)(H,23,24)/t12-/m1/s1. The van der Waals surface area contributed by atoms with Crippen LogP contribution in [0.2, 0.25) is 5.02 Å². The molecule has 0 bridgehead atoms. The molecule has 2 aromatic carbocycles. The van der Waals surface area contributed by atoms with E-state index < -0.39 is 11.7 Å². The van der Waals surface area contributed by atoms with Crippen molar-refractivity contribution in [3.63, 3.8) is 0 Å². The summed E-state index contributed by atoms with van der Waals surface area (Å²) in [5, 5.41) is 10.5. The van der Waals surface area contributed by atoms with Gasteiger partial charge in [0.25, 0.3) is 0 Å². The molecule has 1 atom stereocenters. The minimum absolute atomic E-state index is 0.0597. The lowest BCUT2D eigenvalue weighted by atomic mass is 10.1. The van der Waals surface area contributed by atoms with E-state index in [0.717, 1.165) is 5.56 Å². The molecule has 0 saturated carbocycles. The van der Waals surface area contributed by atoms with Crippen LogP contribution in [-0.2, 0) is 16.1 Å². The van der Waals surface area contributed by atoms with E-state index in [4.69, 9.17) is 11.6 Å². The number of aromatic nitrogens is 2. The Labute approximate surface area is 159 Å². The number of anilines is 1. The Morgan fingerprint density at radius 3 is 2.96 bits per heavy atom. The van der Waals surface area contributed by atoms with Gasteiger partial charge in [-0.3, -0.25) is 19.6 Å². The van der Waals surface area contributed by atoms with E-state index in [9.17, 15) is 14.0 Å². The SMILES string of the molecule is O=C(NCc1cccc(Cl)c1)[C@@H]1CC(=O)N(c2n[nH]c3cccc(F)c23)C1. The molecular weight excluding hydrogens is 371 g/mol. The minimum Gasteiger partial charge on any atom is -0.352 e. The minimum atomic E-state index is -0.518. The summed E-state index contributed by atoms with van der Waals surface area (Å²) in [5.74, 6) is -1.24. The van der Waals surface area contributed by atoms with E-state index in [-0.39, 0.29) is 36.0 Å². The predicted octanol–water partition coefficient (Wildman–Crippen LogP) is 3.02. The van der Waals surface area contributed by atoms with Crippen LogP contribution in [0.3, 0.4) is 0 Å². The molecule has 1 aliphatic heterocycles. The van der Waals surface area contributed by atoms with Crippen LogP contribution in [0.4, 0.5) is 10.2 Å². The number of H-pyrrole nitrogens is 1. The first-order valence-corrected chi connectivity index (χ1v) is 8.86. The molecule has 6 nitrogen and oxygen atoms in total. The van der Waals surface area contributed by atoms with Crippen LogP contribution < -0.4 is 10.2 Å². The van der Waals surface area contributed by atoms with Gasteiger partial charge in [-0.1, -0.05) is 29.8 Å². The molecule has 0 radical (unpaired) electrons. The highest BCUT2D eigenvalue weighted by Gasteiger charge is 2.37. The number of hydrogen-bond acceptors (Lipinski definition) is 3. The lowest BCUT2D eigenvalue weighted by molar-refractivity contribution is -0.126. The van der Waals surface area contributed by atoms with Crippen LogP contribution in [0, 0.1) is 11.7 Å². The number of carbonyl (C=O) groups excluding carboxylic acids is 2. The topological polar surface area (TPSA) is 78.1 Å². The Balaban J connectivity index is 1.47. The summed E-state index contributed by atoms with van der Waals surface area (Å²) in [7, 11) is 0. The lowest BCUT2D eigenvalue weighted by Gasteiger charge is -2.14. The summed E-state index contributed by atoms with van der Waals surface area (Å²) < 4.78 is 14.2. The fraction of sp³-hybridized carbons (Fsp3) is 0.211. The average Bonchev–Trinajstić information content (AvgIpc) is 3.24. The molecule has 1 saturated heterocycles. The zero-order valence-electron chi connectivity index (χ0n) is 14.2. The van der Waals surface area contributed by atoms with Crippen molar-refractivity contribution in [2.45, 2.75) is 13.0 Å². The van der Waals surface area contributed by atoms with Crippen molar-refractivity contribution in [1.82, 2.24) is 15.5 Å². The highest BCUT2D eigenvalue weighted by atomic mass is 35.5. The molecule has 1 aliphatic rings. The van der Waals surface area contributed by atoms with Crippen molar-refractivity contribution in [1.29, 1.82) is 0 Å². The molecule has 8 heteroatoms. The summed E-state index contributed by atoms with van der Waals surface area (Å²) in [5.41, 5.74) is 1.38. The van der Waals surface area contributed by atoms with Crippen LogP contribution >= 0.6 is 11.6 Å². The molecule has 2 amide bonds. The number of amides is 2. The van der Waals surface area contributed by atoms with E-state index in [0.29, 0.717) is 17.1 Å². The van der Waals surface area contributed by atoms with Gasteiger partial charge < -0.3 is 5.32 Å². The van der Waals surface area contributed by atoms with Gasteiger partial charge in [0.05, 0.1) is 16.8 Å². The molecule has 4 rings (SSSR count). The Hall–Kier alpha value is -2.93. The maximum Gasteiger partial charge on any atom is 0.229 e. The Kier molecular flexibility index (Phi) is 4.53. The van der Waals surface area contributed by atoms with E-state index in [1.807, 2.05) is 12.1 Å². The number of carbonyl (C=O) groups is 2. The second kappa shape index (κ2) is 7.00. The molecule has 0 spiro atoms. The third kappa shape index (κ3) is 3.38. The number of fused-ring (bicyclic) bond motifs is 1. The Bertz CT molecular complexity index is 1040. The second-order valence-electron chi connectivity index (χ2n) is 6.46. The van der Waals surface area contributed by atoms with Crippen LogP contribution in [0.15, 0.2) is 42.5 Å². The first-order chi connectivity index (χ1) is 13.0. The first-order valence-electron chi connectivity index (χ1n) is 8.48. The van der Waals surface area contributed by atoms with Gasteiger partial charge in [-0.2, -0.15) is 5.10 Å². The van der Waals surface area contributed by atoms with E-state index >= 15 is 0 Å². The van der Waals surface area contributed by atoms with Gasteiger partial charge in [0.15, 0.2) is 5.82 Å². The summed E-state index contributed by atoms with van der Waals surface area (Å²) in [4.78, 5) is 26.2. The highest BCUT2D eigenvalue weighted by Crippen LogP contribution is 2.31. The van der Waals surface area contributed by atoms with Crippen molar-refractivity contribution < 1.29 is 14.0 Å². The molecule has 1 fully saturated rings. The summed E-state index contributed by atoms with van der Waals surface area (Å²) in [6.07, 6.45) is 0.0597. The Morgan fingerprint density at radius 1 is 1.33 bits per heavy atom. The molecule has 1 aromatic heterocycles. The quantitative estimate of drug-likeness (QED) is 0.723. The molecule has 27 heavy (non-hydrogen) atoms. The largest absolute Gasteiger partial charge is 0.352 e. The molecule has 2 N–H and O–H groups in total. The van der Waals surface area contributed by atoms with Crippen LogP contribution in [0.1, 0.15) is 12.0 Å². The summed E-state index contributed by atoms with van der Waals surface area (Å²) in [6.45, 7) is 0.485. The van der Waals surface area contributed by atoms with Crippen molar-refractivity contribution in [3.8, 4) is 0 Å². The molecule has 138 valence electrons. The fourth-order valence-electron chi connectivity index (χ4n) is 3.28. The molecule has 0 aliphatic carbocycles. The molecular formula is C19H16ClFN4O2. The van der Waals surface area contributed by atoms with Gasteiger partial charge in [-0.05, 0) is 29.8 Å². The number of nitrogens with one attached hydrogen (secondary N) is 2. The Morgan fingerprint density at radius 2 is 2.15 bits per heavy atom. The molecule has 2 heterocycles. The smallest absolute Gasteiger partial charge is 0.229 e. The van der Waals surface area contributed by atoms with Gasteiger partial charge in [-0.25, -0.2) is 4.39 Å². The van der Waals surface area contributed by atoms with Crippen molar-refractivity contribution in [2.75, 3.05) is 11.4 Å². The van der Waals surface area contributed by atoms with Gasteiger partial charge in [0.1, 0.15) is 5.82 Å². The number of rotatable bonds is 4. The van der Waals surface area contributed by atoms with Crippen molar-refractivity contribution in [3.05, 3.63) is 58.9 Å². The number of aromatic amines is 1. The summed E-state index contributed by atoms with van der Waals surface area (Å²) in [6, 6.07) is 11.8. The lowest BCUT2D eigenvalue weighted by Crippen LogP contribution is -2.32. The van der Waals surface area contributed by atoms with E-state index in [2.05, 4.69) is 15.5 Å². The highest BCUT2D eigenvalue weighted by molar-refractivity contribution is 6.30. The average molecular weight is 387 g/mol. The molecule has 0 unspecified atom stereocenters. The zero-order valence-corrected chi connectivity index (χ0v) is 15.0. The zero-order chi connectivity index (χ0) is 19.0. The van der Waals surface area contributed by atoms with Gasteiger partial charge in [0.2, 0.25) is 11.8 Å². The van der Waals surface area contributed by atoms with Gasteiger partial charge in [-0.15, -0.1) is 0 Å². The maximum atomic E-state index is 14.2.